The fourth-order valence-electron chi connectivity index (χ4n) is 2.50. The molecule has 0 aromatic carbocycles. The lowest BCUT2D eigenvalue weighted by Gasteiger charge is -2.32. The fourth-order valence-corrected chi connectivity index (χ4v) is 2.50. The van der Waals surface area contributed by atoms with E-state index in [4.69, 9.17) is 0 Å². The van der Waals surface area contributed by atoms with Crippen molar-refractivity contribution >= 4 is 5.91 Å². The van der Waals surface area contributed by atoms with E-state index in [1.54, 1.807) is 6.92 Å². The lowest BCUT2D eigenvalue weighted by Crippen LogP contribution is -2.40. The first kappa shape index (κ1) is 11.5. The van der Waals surface area contributed by atoms with Crippen LogP contribution in [0.25, 0.3) is 0 Å². The molecule has 1 saturated carbocycles. The van der Waals surface area contributed by atoms with Crippen LogP contribution in [0.15, 0.2) is 0 Å². The van der Waals surface area contributed by atoms with Gasteiger partial charge in [0.05, 0.1) is 0 Å². The van der Waals surface area contributed by atoms with Gasteiger partial charge in [0.25, 0.3) is 0 Å². The molecule has 2 heteroatoms. The van der Waals surface area contributed by atoms with Gasteiger partial charge in [0.2, 0.25) is 5.91 Å². The van der Waals surface area contributed by atoms with Crippen molar-refractivity contribution in [2.75, 3.05) is 0 Å². The fraction of sp³-hybridized carbons (Fsp3) is 0.917. The third kappa shape index (κ3) is 3.32. The van der Waals surface area contributed by atoms with Crippen molar-refractivity contribution < 1.29 is 4.79 Å². The van der Waals surface area contributed by atoms with Gasteiger partial charge >= 0.3 is 0 Å². The van der Waals surface area contributed by atoms with E-state index in [0.29, 0.717) is 6.04 Å². The first-order valence-electron chi connectivity index (χ1n) is 5.90. The lowest BCUT2D eigenvalue weighted by atomic mass is 9.78. The number of amides is 1. The maximum atomic E-state index is 11.0. The molecule has 1 aliphatic rings. The van der Waals surface area contributed by atoms with Crippen molar-refractivity contribution in [3.05, 3.63) is 0 Å². The molecule has 14 heavy (non-hydrogen) atoms. The summed E-state index contributed by atoms with van der Waals surface area (Å²) in [7, 11) is 0. The average molecular weight is 197 g/mol. The van der Waals surface area contributed by atoms with Crippen molar-refractivity contribution in [1.82, 2.24) is 5.32 Å². The van der Waals surface area contributed by atoms with Crippen LogP contribution in [0.3, 0.4) is 0 Å². The van der Waals surface area contributed by atoms with Crippen molar-refractivity contribution in [2.45, 2.75) is 58.9 Å². The summed E-state index contributed by atoms with van der Waals surface area (Å²) >= 11 is 0. The Hall–Kier alpha value is -0.530. The normalized spacial score (nSPS) is 29.6. The molecule has 0 unspecified atom stereocenters. The Balaban J connectivity index is 2.40. The molecule has 1 rings (SSSR count). The summed E-state index contributed by atoms with van der Waals surface area (Å²) in [5.41, 5.74) is 0. The largest absolute Gasteiger partial charge is 0.353 e. The molecule has 1 atom stereocenters. The van der Waals surface area contributed by atoms with E-state index in [0.717, 1.165) is 18.3 Å². The topological polar surface area (TPSA) is 29.1 Å². The molecule has 0 bridgehead atoms. The summed E-state index contributed by atoms with van der Waals surface area (Å²) < 4.78 is 0. The van der Waals surface area contributed by atoms with Crippen LogP contribution in [0, 0.1) is 11.8 Å². The molecule has 0 radical (unpaired) electrons. The summed E-state index contributed by atoms with van der Waals surface area (Å²) in [4.78, 5) is 11.0. The highest BCUT2D eigenvalue weighted by Crippen LogP contribution is 2.31. The number of carbonyl (C=O) groups excluding carboxylic acids is 1. The average Bonchev–Trinajstić information content (AvgIpc) is 2.15. The van der Waals surface area contributed by atoms with E-state index in [-0.39, 0.29) is 5.91 Å². The molecule has 0 saturated heterocycles. The molecule has 1 N–H and O–H groups in total. The minimum absolute atomic E-state index is 0.121. The quantitative estimate of drug-likeness (QED) is 0.740. The third-order valence-electron chi connectivity index (χ3n) is 3.46. The van der Waals surface area contributed by atoms with E-state index in [9.17, 15) is 4.79 Å². The molecule has 0 heterocycles. The first-order valence-corrected chi connectivity index (χ1v) is 5.90. The van der Waals surface area contributed by atoms with Crippen LogP contribution in [0.5, 0.6) is 0 Å². The highest BCUT2D eigenvalue weighted by Gasteiger charge is 2.25. The number of rotatable bonds is 3. The van der Waals surface area contributed by atoms with Crippen molar-refractivity contribution in [3.8, 4) is 0 Å². The molecule has 0 aromatic heterocycles. The van der Waals surface area contributed by atoms with Gasteiger partial charge in [-0.1, -0.05) is 26.7 Å². The zero-order chi connectivity index (χ0) is 10.6. The highest BCUT2D eigenvalue weighted by atomic mass is 16.1. The minimum Gasteiger partial charge on any atom is -0.353 e. The van der Waals surface area contributed by atoms with E-state index < -0.39 is 0 Å². The molecule has 0 aliphatic heterocycles. The molecule has 1 amide bonds. The van der Waals surface area contributed by atoms with Gasteiger partial charge in [-0.05, 0) is 31.1 Å². The highest BCUT2D eigenvalue weighted by molar-refractivity contribution is 5.73. The predicted molar refractivity (Wildman–Crippen MR) is 59.0 cm³/mol. The molecule has 2 nitrogen and oxygen atoms in total. The summed E-state index contributed by atoms with van der Waals surface area (Å²) in [6, 6.07) is 0.417. The Morgan fingerprint density at radius 1 is 1.36 bits per heavy atom. The Labute approximate surface area is 87.5 Å². The minimum atomic E-state index is 0.121. The van der Waals surface area contributed by atoms with Gasteiger partial charge in [-0.3, -0.25) is 4.79 Å². The Morgan fingerprint density at radius 3 is 2.36 bits per heavy atom. The van der Waals surface area contributed by atoms with Crippen molar-refractivity contribution in [3.63, 3.8) is 0 Å². The number of hydrogen-bond donors (Lipinski definition) is 1. The van der Waals surface area contributed by atoms with Gasteiger partial charge in [-0.25, -0.2) is 0 Å². The molecule has 1 fully saturated rings. The number of nitrogens with one attached hydrogen (secondary N) is 1. The van der Waals surface area contributed by atoms with Gasteiger partial charge in [0.1, 0.15) is 0 Å². The van der Waals surface area contributed by atoms with E-state index in [1.165, 1.54) is 25.7 Å². The zero-order valence-electron chi connectivity index (χ0n) is 9.68. The van der Waals surface area contributed by atoms with Gasteiger partial charge in [-0.15, -0.1) is 0 Å². The summed E-state index contributed by atoms with van der Waals surface area (Å²) in [5, 5.41) is 3.08. The monoisotopic (exact) mass is 197 g/mol. The number of hydrogen-bond acceptors (Lipinski definition) is 1. The Kier molecular flexibility index (Phi) is 4.43. The number of carbonyl (C=O) groups is 1. The maximum absolute atomic E-state index is 11.0. The Bertz CT molecular complexity index is 183. The standard InChI is InChI=1S/C12H23NO/c1-4-12(13-10(3)14)11-7-5-9(2)6-8-11/h9,11-12H,4-8H2,1-3H3,(H,13,14)/t9?,11?,12-/m0/s1. The van der Waals surface area contributed by atoms with Gasteiger partial charge in [0.15, 0.2) is 0 Å². The lowest BCUT2D eigenvalue weighted by molar-refractivity contribution is -0.120. The first-order chi connectivity index (χ1) is 6.63. The second-order valence-electron chi connectivity index (χ2n) is 4.74. The van der Waals surface area contributed by atoms with E-state index in [1.807, 2.05) is 0 Å². The SMILES string of the molecule is CC[C@H](NC(C)=O)C1CCC(C)CC1. The van der Waals surface area contributed by atoms with Crippen molar-refractivity contribution in [1.29, 1.82) is 0 Å². The Morgan fingerprint density at radius 2 is 1.93 bits per heavy atom. The summed E-state index contributed by atoms with van der Waals surface area (Å²) in [6.45, 7) is 6.11. The van der Waals surface area contributed by atoms with Crippen LogP contribution in [-0.4, -0.2) is 11.9 Å². The summed E-state index contributed by atoms with van der Waals surface area (Å²) in [5.74, 6) is 1.73. The summed E-state index contributed by atoms with van der Waals surface area (Å²) in [6.07, 6.45) is 6.32. The molecule has 1 aliphatic carbocycles. The second kappa shape index (κ2) is 5.38. The molecule has 82 valence electrons. The van der Waals surface area contributed by atoms with Crippen LogP contribution in [0.1, 0.15) is 52.9 Å². The van der Waals surface area contributed by atoms with Gasteiger partial charge in [0, 0.05) is 13.0 Å². The van der Waals surface area contributed by atoms with Gasteiger partial charge < -0.3 is 5.32 Å². The molecule has 0 aromatic rings. The van der Waals surface area contributed by atoms with E-state index >= 15 is 0 Å². The zero-order valence-corrected chi connectivity index (χ0v) is 9.68. The van der Waals surface area contributed by atoms with Gasteiger partial charge in [-0.2, -0.15) is 0 Å². The smallest absolute Gasteiger partial charge is 0.217 e. The van der Waals surface area contributed by atoms with E-state index in [2.05, 4.69) is 19.2 Å². The third-order valence-corrected chi connectivity index (χ3v) is 3.46. The predicted octanol–water partition coefficient (Wildman–Crippen LogP) is 2.73. The molecular formula is C12H23NO. The van der Waals surface area contributed by atoms with Crippen LogP contribution in [-0.2, 0) is 4.79 Å². The maximum Gasteiger partial charge on any atom is 0.217 e. The van der Waals surface area contributed by atoms with Crippen LogP contribution >= 0.6 is 0 Å². The molecule has 0 spiro atoms. The van der Waals surface area contributed by atoms with Crippen LogP contribution < -0.4 is 5.32 Å². The van der Waals surface area contributed by atoms with Crippen molar-refractivity contribution in [2.24, 2.45) is 11.8 Å². The van der Waals surface area contributed by atoms with Crippen LogP contribution in [0.4, 0.5) is 0 Å². The molecular weight excluding hydrogens is 174 g/mol. The second-order valence-corrected chi connectivity index (χ2v) is 4.74. The van der Waals surface area contributed by atoms with Crippen LogP contribution in [0.2, 0.25) is 0 Å².